The molecule has 3 rings (SSSR count). The average molecular weight is 438 g/mol. The van der Waals surface area contributed by atoms with E-state index in [0.29, 0.717) is 41.9 Å². The van der Waals surface area contributed by atoms with Gasteiger partial charge in [0.25, 0.3) is 0 Å². The summed E-state index contributed by atoms with van der Waals surface area (Å²) in [4.78, 5) is 12.4. The van der Waals surface area contributed by atoms with Crippen molar-refractivity contribution < 1.29 is 23.4 Å². The number of hydrogen-bond acceptors (Lipinski definition) is 5. The number of rotatable bonds is 9. The number of benzene rings is 2. The summed E-state index contributed by atoms with van der Waals surface area (Å²) in [5.74, 6) is 2.25. The molecule has 0 radical (unpaired) electrons. The SMILES string of the molecule is CCOc1cc2occ(-c3ccc(OC)c(OC)c3)c2cc1/C(C)=C/C(=O)NCC(C)C. The molecule has 0 spiro atoms. The van der Waals surface area contributed by atoms with Gasteiger partial charge in [0, 0.05) is 35.2 Å². The highest BCUT2D eigenvalue weighted by atomic mass is 16.5. The molecule has 0 aliphatic carbocycles. The molecule has 1 heterocycles. The molecule has 170 valence electrons. The molecule has 0 unspecified atom stereocenters. The molecule has 6 nitrogen and oxygen atoms in total. The Labute approximate surface area is 189 Å². The van der Waals surface area contributed by atoms with Gasteiger partial charge in [-0.25, -0.2) is 0 Å². The molecule has 6 heteroatoms. The topological polar surface area (TPSA) is 69.9 Å². The molecule has 2 aromatic carbocycles. The van der Waals surface area contributed by atoms with Crippen LogP contribution in [-0.2, 0) is 4.79 Å². The first-order valence-electron chi connectivity index (χ1n) is 10.7. The van der Waals surface area contributed by atoms with Crippen LogP contribution in [0.5, 0.6) is 17.2 Å². The molecule has 32 heavy (non-hydrogen) atoms. The molecule has 0 aliphatic heterocycles. The van der Waals surface area contributed by atoms with Crippen LogP contribution in [-0.4, -0.2) is 33.3 Å². The Morgan fingerprint density at radius 2 is 1.84 bits per heavy atom. The second-order valence-electron chi connectivity index (χ2n) is 7.96. The van der Waals surface area contributed by atoms with Crippen LogP contribution >= 0.6 is 0 Å². The van der Waals surface area contributed by atoms with Gasteiger partial charge in [0.15, 0.2) is 11.5 Å². The van der Waals surface area contributed by atoms with Crippen LogP contribution in [0.4, 0.5) is 0 Å². The number of carbonyl (C=O) groups excluding carboxylic acids is 1. The zero-order chi connectivity index (χ0) is 23.3. The van der Waals surface area contributed by atoms with E-state index in [0.717, 1.165) is 27.6 Å². The average Bonchev–Trinajstić information content (AvgIpc) is 3.19. The van der Waals surface area contributed by atoms with E-state index in [2.05, 4.69) is 19.2 Å². The highest BCUT2D eigenvalue weighted by molar-refractivity contribution is 6.00. The number of hydrogen-bond donors (Lipinski definition) is 1. The van der Waals surface area contributed by atoms with E-state index >= 15 is 0 Å². The minimum absolute atomic E-state index is 0.119. The predicted molar refractivity (Wildman–Crippen MR) is 127 cm³/mol. The first-order chi connectivity index (χ1) is 15.4. The highest BCUT2D eigenvalue weighted by Crippen LogP contribution is 2.39. The van der Waals surface area contributed by atoms with Gasteiger partial charge < -0.3 is 23.9 Å². The van der Waals surface area contributed by atoms with Gasteiger partial charge in [-0.3, -0.25) is 4.79 Å². The standard InChI is InChI=1S/C26H31NO5/c1-7-31-23-13-24-20(12-19(23)17(4)10-26(28)27-14-16(2)3)21(15-32-24)18-8-9-22(29-5)25(11-18)30-6/h8-13,15-16H,7,14H2,1-6H3,(H,27,28)/b17-10+. The van der Waals surface area contributed by atoms with Crippen molar-refractivity contribution in [3.8, 4) is 28.4 Å². The lowest BCUT2D eigenvalue weighted by Gasteiger charge is -2.12. The van der Waals surface area contributed by atoms with Gasteiger partial charge in [0.05, 0.1) is 27.1 Å². The van der Waals surface area contributed by atoms with E-state index in [1.165, 1.54) is 0 Å². The van der Waals surface area contributed by atoms with Crippen LogP contribution in [0.3, 0.4) is 0 Å². The molecule has 3 aromatic rings. The highest BCUT2D eigenvalue weighted by Gasteiger charge is 2.16. The maximum atomic E-state index is 12.4. The first-order valence-corrected chi connectivity index (χ1v) is 10.7. The summed E-state index contributed by atoms with van der Waals surface area (Å²) in [7, 11) is 3.22. The zero-order valence-electron chi connectivity index (χ0n) is 19.6. The van der Waals surface area contributed by atoms with E-state index in [1.54, 1.807) is 26.6 Å². The Balaban J connectivity index is 2.07. The number of allylic oxidation sites excluding steroid dienone is 1. The molecule has 0 fully saturated rings. The van der Waals surface area contributed by atoms with Crippen LogP contribution in [0.2, 0.25) is 0 Å². The van der Waals surface area contributed by atoms with Gasteiger partial charge in [-0.15, -0.1) is 0 Å². The van der Waals surface area contributed by atoms with Gasteiger partial charge in [0.1, 0.15) is 11.3 Å². The lowest BCUT2D eigenvalue weighted by Crippen LogP contribution is -2.25. The maximum Gasteiger partial charge on any atom is 0.244 e. The second kappa shape index (κ2) is 10.3. The van der Waals surface area contributed by atoms with Crippen molar-refractivity contribution in [1.29, 1.82) is 0 Å². The minimum atomic E-state index is -0.119. The monoisotopic (exact) mass is 437 g/mol. The number of carbonyl (C=O) groups is 1. The van der Waals surface area contributed by atoms with Crippen LogP contribution in [0.15, 0.2) is 47.1 Å². The summed E-state index contributed by atoms with van der Waals surface area (Å²) >= 11 is 0. The van der Waals surface area contributed by atoms with Gasteiger partial charge in [-0.05, 0) is 49.1 Å². The van der Waals surface area contributed by atoms with E-state index < -0.39 is 0 Å². The Kier molecular flexibility index (Phi) is 7.46. The lowest BCUT2D eigenvalue weighted by molar-refractivity contribution is -0.116. The third-order valence-corrected chi connectivity index (χ3v) is 5.13. The van der Waals surface area contributed by atoms with Crippen molar-refractivity contribution >= 4 is 22.4 Å². The third-order valence-electron chi connectivity index (χ3n) is 5.13. The molecule has 0 saturated carbocycles. The van der Waals surface area contributed by atoms with E-state index in [1.807, 2.05) is 44.2 Å². The van der Waals surface area contributed by atoms with E-state index in [-0.39, 0.29) is 5.91 Å². The molecule has 1 aromatic heterocycles. The normalized spacial score (nSPS) is 11.7. The summed E-state index contributed by atoms with van der Waals surface area (Å²) in [6.07, 6.45) is 3.34. The number of methoxy groups -OCH3 is 2. The van der Waals surface area contributed by atoms with Crippen molar-refractivity contribution in [1.82, 2.24) is 5.32 Å². The van der Waals surface area contributed by atoms with Crippen molar-refractivity contribution in [3.63, 3.8) is 0 Å². The smallest absolute Gasteiger partial charge is 0.244 e. The summed E-state index contributed by atoms with van der Waals surface area (Å²) in [5, 5.41) is 3.85. The number of furan rings is 1. The molecule has 1 amide bonds. The number of fused-ring (bicyclic) bond motifs is 1. The molecule has 0 atom stereocenters. The van der Waals surface area contributed by atoms with Crippen molar-refractivity contribution in [2.75, 3.05) is 27.4 Å². The Morgan fingerprint density at radius 1 is 1.09 bits per heavy atom. The van der Waals surface area contributed by atoms with Gasteiger partial charge >= 0.3 is 0 Å². The minimum Gasteiger partial charge on any atom is -0.493 e. The summed E-state index contributed by atoms with van der Waals surface area (Å²) in [6, 6.07) is 9.64. The van der Waals surface area contributed by atoms with Crippen molar-refractivity contribution in [3.05, 3.63) is 48.2 Å². The molecule has 0 aliphatic rings. The number of ether oxygens (including phenoxy) is 3. The fraction of sp³-hybridized carbons (Fsp3) is 0.346. The number of nitrogens with one attached hydrogen (secondary N) is 1. The molecule has 0 saturated heterocycles. The van der Waals surface area contributed by atoms with Gasteiger partial charge in [-0.2, -0.15) is 0 Å². The largest absolute Gasteiger partial charge is 0.493 e. The van der Waals surface area contributed by atoms with Crippen LogP contribution < -0.4 is 19.5 Å². The van der Waals surface area contributed by atoms with Gasteiger partial charge in [0.2, 0.25) is 5.91 Å². The van der Waals surface area contributed by atoms with E-state index in [9.17, 15) is 4.79 Å². The van der Waals surface area contributed by atoms with Crippen LogP contribution in [0, 0.1) is 5.92 Å². The zero-order valence-corrected chi connectivity index (χ0v) is 19.6. The summed E-state index contributed by atoms with van der Waals surface area (Å²) < 4.78 is 22.5. The summed E-state index contributed by atoms with van der Waals surface area (Å²) in [6.45, 7) is 9.10. The van der Waals surface area contributed by atoms with Crippen LogP contribution in [0.1, 0.15) is 33.3 Å². The second-order valence-corrected chi connectivity index (χ2v) is 7.96. The Hall–Kier alpha value is -3.41. The fourth-order valence-corrected chi connectivity index (χ4v) is 3.50. The Bertz CT molecular complexity index is 1130. The molecule has 1 N–H and O–H groups in total. The van der Waals surface area contributed by atoms with E-state index in [4.69, 9.17) is 18.6 Å². The quantitative estimate of drug-likeness (QED) is 0.436. The maximum absolute atomic E-state index is 12.4. The van der Waals surface area contributed by atoms with Gasteiger partial charge in [-0.1, -0.05) is 19.9 Å². The molecular formula is C26H31NO5. The van der Waals surface area contributed by atoms with Crippen molar-refractivity contribution in [2.45, 2.75) is 27.7 Å². The van der Waals surface area contributed by atoms with Crippen LogP contribution in [0.25, 0.3) is 27.7 Å². The first kappa shape index (κ1) is 23.3. The lowest BCUT2D eigenvalue weighted by atomic mass is 9.99. The molecular weight excluding hydrogens is 406 g/mol. The Morgan fingerprint density at radius 3 is 2.50 bits per heavy atom. The van der Waals surface area contributed by atoms with Crippen molar-refractivity contribution in [2.24, 2.45) is 5.92 Å². The molecule has 0 bridgehead atoms. The number of amides is 1. The third kappa shape index (κ3) is 5.07. The summed E-state index contributed by atoms with van der Waals surface area (Å²) in [5.41, 5.74) is 4.23. The predicted octanol–water partition coefficient (Wildman–Crippen LogP) is 5.69. The fourth-order valence-electron chi connectivity index (χ4n) is 3.50.